The van der Waals surface area contributed by atoms with E-state index in [4.69, 9.17) is 4.42 Å². The summed E-state index contributed by atoms with van der Waals surface area (Å²) in [6.45, 7) is 5.93. The fourth-order valence-electron chi connectivity index (χ4n) is 4.04. The predicted molar refractivity (Wildman–Crippen MR) is 138 cm³/mol. The van der Waals surface area contributed by atoms with Crippen molar-refractivity contribution in [2.24, 2.45) is 0 Å². The van der Waals surface area contributed by atoms with Crippen molar-refractivity contribution in [1.82, 2.24) is 10.6 Å². The lowest BCUT2D eigenvalue weighted by molar-refractivity contribution is -0.118. The number of hydrogen-bond donors (Lipinski definition) is 2. The first-order valence-corrected chi connectivity index (χ1v) is 11.5. The molecule has 1 aromatic heterocycles. The molecule has 0 spiro atoms. The van der Waals surface area contributed by atoms with Gasteiger partial charge < -0.3 is 15.1 Å². The fourth-order valence-corrected chi connectivity index (χ4v) is 4.04. The highest BCUT2D eigenvalue weighted by Crippen LogP contribution is 2.26. The van der Waals surface area contributed by atoms with Crippen LogP contribution in [0.3, 0.4) is 0 Å². The topological polar surface area (TPSA) is 71.3 Å². The molecule has 0 radical (unpaired) electrons. The van der Waals surface area contributed by atoms with E-state index in [2.05, 4.69) is 16.7 Å². The molecule has 0 fully saturated rings. The van der Waals surface area contributed by atoms with E-state index >= 15 is 0 Å². The minimum absolute atomic E-state index is 0.0962. The zero-order valence-electron chi connectivity index (χ0n) is 20.0. The SMILES string of the molecule is Cc1ccc(C(NC(=O)/C(=C/c2ccco2)NC(=O)c2ccccc2C)c2ccccc2)c(C)c1. The Morgan fingerprint density at radius 1 is 0.829 bits per heavy atom. The van der Waals surface area contributed by atoms with Gasteiger partial charge in [-0.3, -0.25) is 9.59 Å². The molecule has 176 valence electrons. The largest absolute Gasteiger partial charge is 0.465 e. The van der Waals surface area contributed by atoms with Gasteiger partial charge in [-0.15, -0.1) is 0 Å². The molecule has 3 aromatic carbocycles. The van der Waals surface area contributed by atoms with E-state index in [1.807, 2.05) is 75.4 Å². The van der Waals surface area contributed by atoms with Crippen LogP contribution in [-0.2, 0) is 4.79 Å². The first kappa shape index (κ1) is 23.8. The molecule has 5 nitrogen and oxygen atoms in total. The molecule has 0 saturated heterocycles. The van der Waals surface area contributed by atoms with Gasteiger partial charge in [-0.2, -0.15) is 0 Å². The highest BCUT2D eigenvalue weighted by Gasteiger charge is 2.23. The lowest BCUT2D eigenvalue weighted by atomic mass is 9.93. The van der Waals surface area contributed by atoms with Gasteiger partial charge in [0.05, 0.1) is 12.3 Å². The Labute approximate surface area is 205 Å². The van der Waals surface area contributed by atoms with Crippen LogP contribution in [-0.4, -0.2) is 11.8 Å². The van der Waals surface area contributed by atoms with E-state index in [1.54, 1.807) is 24.3 Å². The molecule has 0 aliphatic carbocycles. The van der Waals surface area contributed by atoms with Gasteiger partial charge in [-0.05, 0) is 61.2 Å². The van der Waals surface area contributed by atoms with Gasteiger partial charge in [0.15, 0.2) is 0 Å². The first-order valence-electron chi connectivity index (χ1n) is 11.5. The molecule has 4 rings (SSSR count). The highest BCUT2D eigenvalue weighted by molar-refractivity contribution is 6.05. The quantitative estimate of drug-likeness (QED) is 0.336. The second kappa shape index (κ2) is 10.7. The number of hydrogen-bond acceptors (Lipinski definition) is 3. The maximum atomic E-state index is 13.6. The summed E-state index contributed by atoms with van der Waals surface area (Å²) in [5.74, 6) is -0.320. The van der Waals surface area contributed by atoms with E-state index in [0.29, 0.717) is 11.3 Å². The lowest BCUT2D eigenvalue weighted by Gasteiger charge is -2.23. The first-order chi connectivity index (χ1) is 16.9. The standard InChI is InChI=1S/C30H28N2O3/c1-20-15-16-25(22(3)18-20)28(23-11-5-4-6-12-23)32-30(34)27(19-24-13-9-17-35-24)31-29(33)26-14-8-7-10-21(26)2/h4-19,28H,1-3H3,(H,31,33)(H,32,34)/b27-19-. The van der Waals surface area contributed by atoms with E-state index in [0.717, 1.165) is 27.8 Å². The maximum Gasteiger partial charge on any atom is 0.268 e. The van der Waals surface area contributed by atoms with Crippen LogP contribution in [0.2, 0.25) is 0 Å². The molecule has 1 unspecified atom stereocenters. The number of rotatable bonds is 7. The van der Waals surface area contributed by atoms with Gasteiger partial charge in [-0.1, -0.05) is 72.3 Å². The molecule has 4 aromatic rings. The van der Waals surface area contributed by atoms with Gasteiger partial charge in [-0.25, -0.2) is 0 Å². The van der Waals surface area contributed by atoms with Gasteiger partial charge in [0.2, 0.25) is 0 Å². The third-order valence-electron chi connectivity index (χ3n) is 5.86. The molecular formula is C30H28N2O3. The van der Waals surface area contributed by atoms with E-state index in [1.165, 1.54) is 12.3 Å². The predicted octanol–water partition coefficient (Wildman–Crippen LogP) is 5.88. The second-order valence-corrected chi connectivity index (χ2v) is 8.52. The van der Waals surface area contributed by atoms with Crippen LogP contribution in [0.15, 0.2) is 101 Å². The summed E-state index contributed by atoms with van der Waals surface area (Å²) in [5.41, 5.74) is 5.56. The van der Waals surface area contributed by atoms with Crippen LogP contribution in [0, 0.1) is 20.8 Å². The van der Waals surface area contributed by atoms with Crippen LogP contribution in [0.4, 0.5) is 0 Å². The van der Waals surface area contributed by atoms with Crippen molar-refractivity contribution in [3.63, 3.8) is 0 Å². The second-order valence-electron chi connectivity index (χ2n) is 8.52. The summed E-state index contributed by atoms with van der Waals surface area (Å²) < 4.78 is 5.42. The Kier molecular flexibility index (Phi) is 7.27. The third kappa shape index (κ3) is 5.76. The van der Waals surface area contributed by atoms with Gasteiger partial charge in [0.1, 0.15) is 11.5 Å². The number of benzene rings is 3. The van der Waals surface area contributed by atoms with Gasteiger partial charge in [0.25, 0.3) is 11.8 Å². The monoisotopic (exact) mass is 464 g/mol. The Hall–Kier alpha value is -4.38. The van der Waals surface area contributed by atoms with Crippen LogP contribution < -0.4 is 10.6 Å². The molecule has 35 heavy (non-hydrogen) atoms. The number of carbonyl (C=O) groups is 2. The van der Waals surface area contributed by atoms with Crippen molar-refractivity contribution in [2.75, 3.05) is 0 Å². The van der Waals surface area contributed by atoms with Crippen LogP contribution >= 0.6 is 0 Å². The molecule has 2 N–H and O–H groups in total. The zero-order chi connectivity index (χ0) is 24.8. The summed E-state index contributed by atoms with van der Waals surface area (Å²) in [4.78, 5) is 26.7. The molecule has 0 bridgehead atoms. The van der Waals surface area contributed by atoms with Gasteiger partial charge in [0, 0.05) is 11.6 Å². The number of carbonyl (C=O) groups excluding carboxylic acids is 2. The van der Waals surface area contributed by atoms with Crippen LogP contribution in [0.1, 0.15) is 50.0 Å². The average Bonchev–Trinajstić information content (AvgIpc) is 3.36. The number of amides is 2. The maximum absolute atomic E-state index is 13.6. The molecule has 0 aliphatic rings. The summed E-state index contributed by atoms with van der Waals surface area (Å²) in [6.07, 6.45) is 3.06. The van der Waals surface area contributed by atoms with Crippen molar-refractivity contribution >= 4 is 17.9 Å². The van der Waals surface area contributed by atoms with Crippen LogP contribution in [0.25, 0.3) is 6.08 Å². The van der Waals surface area contributed by atoms with E-state index in [9.17, 15) is 9.59 Å². The normalized spacial score (nSPS) is 12.1. The highest BCUT2D eigenvalue weighted by atomic mass is 16.3. The third-order valence-corrected chi connectivity index (χ3v) is 5.86. The zero-order valence-corrected chi connectivity index (χ0v) is 20.0. The number of furan rings is 1. The smallest absolute Gasteiger partial charge is 0.268 e. The Bertz CT molecular complexity index is 1360. The minimum atomic E-state index is -0.419. The molecule has 5 heteroatoms. The molecule has 1 heterocycles. The van der Waals surface area contributed by atoms with Crippen molar-refractivity contribution < 1.29 is 14.0 Å². The Morgan fingerprint density at radius 3 is 2.26 bits per heavy atom. The molecule has 0 saturated carbocycles. The van der Waals surface area contributed by atoms with Crippen molar-refractivity contribution in [3.05, 3.63) is 136 Å². The van der Waals surface area contributed by atoms with E-state index in [-0.39, 0.29) is 11.6 Å². The van der Waals surface area contributed by atoms with Crippen LogP contribution in [0.5, 0.6) is 0 Å². The summed E-state index contributed by atoms with van der Waals surface area (Å²) in [5, 5.41) is 5.92. The lowest BCUT2D eigenvalue weighted by Crippen LogP contribution is -2.37. The Balaban J connectivity index is 1.69. The van der Waals surface area contributed by atoms with Crippen molar-refractivity contribution in [2.45, 2.75) is 26.8 Å². The van der Waals surface area contributed by atoms with Gasteiger partial charge >= 0.3 is 0 Å². The number of aryl methyl sites for hydroxylation is 3. The number of nitrogens with one attached hydrogen (secondary N) is 2. The van der Waals surface area contributed by atoms with E-state index < -0.39 is 11.9 Å². The minimum Gasteiger partial charge on any atom is -0.465 e. The summed E-state index contributed by atoms with van der Waals surface area (Å²) in [7, 11) is 0. The molecule has 0 aliphatic heterocycles. The van der Waals surface area contributed by atoms with Crippen molar-refractivity contribution in [1.29, 1.82) is 0 Å². The fraction of sp³-hybridized carbons (Fsp3) is 0.133. The molecular weight excluding hydrogens is 436 g/mol. The summed E-state index contributed by atoms with van der Waals surface area (Å²) >= 11 is 0. The summed E-state index contributed by atoms with van der Waals surface area (Å²) in [6, 6.07) is 26.2. The molecule has 1 atom stereocenters. The Morgan fingerprint density at radius 2 is 1.57 bits per heavy atom. The molecule has 2 amide bonds. The van der Waals surface area contributed by atoms with Crippen molar-refractivity contribution in [3.8, 4) is 0 Å². The average molecular weight is 465 g/mol.